The van der Waals surface area contributed by atoms with Crippen molar-refractivity contribution in [2.45, 2.75) is 19.8 Å². The summed E-state index contributed by atoms with van der Waals surface area (Å²) in [5.74, 6) is -0.174. The summed E-state index contributed by atoms with van der Waals surface area (Å²) < 4.78 is 0. The average Bonchev–Trinajstić information content (AvgIpc) is 3.09. The van der Waals surface area contributed by atoms with Gasteiger partial charge in [0.15, 0.2) is 0 Å². The number of carboxylic acid groups (broad SMARTS) is 1. The first kappa shape index (κ1) is 11.8. The van der Waals surface area contributed by atoms with Crippen LogP contribution in [0.5, 0.6) is 0 Å². The molecule has 0 amide bonds. The highest BCUT2D eigenvalue weighted by molar-refractivity contribution is 5.95. The Morgan fingerprint density at radius 1 is 1.53 bits per heavy atom. The fourth-order valence-electron chi connectivity index (χ4n) is 2.00. The molecule has 2 rings (SSSR count). The summed E-state index contributed by atoms with van der Waals surface area (Å²) in [4.78, 5) is 13.3. The molecule has 0 radical (unpaired) electrons. The lowest BCUT2D eigenvalue weighted by Gasteiger charge is -2.25. The van der Waals surface area contributed by atoms with Crippen molar-refractivity contribution in [3.63, 3.8) is 0 Å². The molecule has 4 nitrogen and oxygen atoms in total. The van der Waals surface area contributed by atoms with Gasteiger partial charge in [-0.25, -0.2) is 4.79 Å². The third-order valence-corrected chi connectivity index (χ3v) is 3.15. The fraction of sp³-hybridized carbons (Fsp3) is 0.462. The number of rotatable bonds is 5. The highest BCUT2D eigenvalue weighted by Gasteiger charge is 2.25. The predicted octanol–water partition coefficient (Wildman–Crippen LogP) is 2.20. The minimum Gasteiger partial charge on any atom is -0.478 e. The van der Waals surface area contributed by atoms with E-state index in [0.29, 0.717) is 11.3 Å². The zero-order valence-corrected chi connectivity index (χ0v) is 10.0. The van der Waals surface area contributed by atoms with Crippen LogP contribution in [0.2, 0.25) is 0 Å². The summed E-state index contributed by atoms with van der Waals surface area (Å²) in [5.41, 5.74) is 7.43. The van der Waals surface area contributed by atoms with E-state index in [9.17, 15) is 9.90 Å². The van der Waals surface area contributed by atoms with Crippen LogP contribution in [0.25, 0.3) is 0 Å². The Balaban J connectivity index is 2.31. The number of carboxylic acids is 1. The molecular weight excluding hydrogens is 216 g/mol. The zero-order valence-electron chi connectivity index (χ0n) is 10.0. The third-order valence-electron chi connectivity index (χ3n) is 3.15. The highest BCUT2D eigenvalue weighted by atomic mass is 16.4. The minimum absolute atomic E-state index is 0.335. The molecule has 0 heterocycles. The maximum absolute atomic E-state index is 11.2. The molecule has 0 aliphatic heterocycles. The lowest BCUT2D eigenvalue weighted by molar-refractivity contribution is 0.0697. The molecule has 1 aliphatic carbocycles. The van der Waals surface area contributed by atoms with Crippen LogP contribution < -0.4 is 10.6 Å². The number of anilines is 2. The van der Waals surface area contributed by atoms with Crippen LogP contribution in [0.1, 0.15) is 30.1 Å². The Hall–Kier alpha value is -1.71. The molecule has 0 aromatic heterocycles. The number of hydrogen-bond acceptors (Lipinski definition) is 3. The molecule has 1 saturated carbocycles. The average molecular weight is 234 g/mol. The Bertz CT molecular complexity index is 427. The summed E-state index contributed by atoms with van der Waals surface area (Å²) >= 11 is 0. The molecule has 0 spiro atoms. The quantitative estimate of drug-likeness (QED) is 0.766. The number of nitrogens with zero attached hydrogens (tertiary/aromatic N) is 1. The van der Waals surface area contributed by atoms with Crippen molar-refractivity contribution in [2.24, 2.45) is 5.92 Å². The third kappa shape index (κ3) is 2.70. The van der Waals surface area contributed by atoms with Gasteiger partial charge in [0.2, 0.25) is 0 Å². The second kappa shape index (κ2) is 4.65. The van der Waals surface area contributed by atoms with Crippen LogP contribution >= 0.6 is 0 Å². The van der Waals surface area contributed by atoms with Crippen LogP contribution in [-0.4, -0.2) is 24.2 Å². The number of nitrogen functional groups attached to an aromatic ring is 1. The predicted molar refractivity (Wildman–Crippen MR) is 68.4 cm³/mol. The summed E-state index contributed by atoms with van der Waals surface area (Å²) in [5, 5.41) is 9.18. The smallest absolute Gasteiger partial charge is 0.337 e. The van der Waals surface area contributed by atoms with E-state index in [1.165, 1.54) is 12.8 Å². The molecule has 0 unspecified atom stereocenters. The van der Waals surface area contributed by atoms with E-state index in [-0.39, 0.29) is 0 Å². The molecule has 1 aromatic rings. The van der Waals surface area contributed by atoms with E-state index in [4.69, 9.17) is 5.73 Å². The van der Waals surface area contributed by atoms with E-state index in [2.05, 4.69) is 4.90 Å². The van der Waals surface area contributed by atoms with Gasteiger partial charge in [-0.3, -0.25) is 0 Å². The van der Waals surface area contributed by atoms with E-state index >= 15 is 0 Å². The van der Waals surface area contributed by atoms with Gasteiger partial charge in [0.05, 0.1) is 11.3 Å². The molecule has 17 heavy (non-hydrogen) atoms. The molecule has 0 bridgehead atoms. The van der Waals surface area contributed by atoms with E-state index in [1.807, 2.05) is 6.92 Å². The maximum atomic E-state index is 11.2. The zero-order chi connectivity index (χ0) is 12.4. The summed E-state index contributed by atoms with van der Waals surface area (Å²) in [7, 11) is 0. The van der Waals surface area contributed by atoms with Gasteiger partial charge in [-0.2, -0.15) is 0 Å². The van der Waals surface area contributed by atoms with Gasteiger partial charge in [0.1, 0.15) is 0 Å². The first-order chi connectivity index (χ1) is 8.11. The summed E-state index contributed by atoms with van der Waals surface area (Å²) in [6.45, 7) is 3.78. The highest BCUT2D eigenvalue weighted by Crippen LogP contribution is 2.33. The van der Waals surface area contributed by atoms with Crippen LogP contribution in [0.15, 0.2) is 18.2 Å². The van der Waals surface area contributed by atoms with E-state index < -0.39 is 5.97 Å². The normalized spacial score (nSPS) is 14.6. The summed E-state index contributed by atoms with van der Waals surface area (Å²) in [6, 6.07) is 4.98. The van der Waals surface area contributed by atoms with Gasteiger partial charge in [0, 0.05) is 18.8 Å². The Labute approximate surface area is 101 Å². The lowest BCUT2D eigenvalue weighted by Crippen LogP contribution is -2.27. The second-order valence-electron chi connectivity index (χ2n) is 4.56. The number of aromatic carboxylic acids is 1. The Morgan fingerprint density at radius 2 is 2.24 bits per heavy atom. The second-order valence-corrected chi connectivity index (χ2v) is 4.56. The van der Waals surface area contributed by atoms with Crippen molar-refractivity contribution in [1.82, 2.24) is 0 Å². The van der Waals surface area contributed by atoms with Crippen LogP contribution in [0.3, 0.4) is 0 Å². The lowest BCUT2D eigenvalue weighted by atomic mass is 10.1. The molecular formula is C13H18N2O2. The largest absolute Gasteiger partial charge is 0.478 e. The Morgan fingerprint density at radius 3 is 2.76 bits per heavy atom. The van der Waals surface area contributed by atoms with Crippen LogP contribution in [0.4, 0.5) is 11.4 Å². The van der Waals surface area contributed by atoms with Gasteiger partial charge in [-0.1, -0.05) is 0 Å². The van der Waals surface area contributed by atoms with Gasteiger partial charge in [-0.05, 0) is 43.9 Å². The van der Waals surface area contributed by atoms with Gasteiger partial charge >= 0.3 is 5.97 Å². The molecule has 1 fully saturated rings. The minimum atomic E-state index is -0.894. The van der Waals surface area contributed by atoms with Crippen molar-refractivity contribution in [3.05, 3.63) is 23.8 Å². The molecule has 1 aliphatic rings. The molecule has 1 aromatic carbocycles. The summed E-state index contributed by atoms with van der Waals surface area (Å²) in [6.07, 6.45) is 2.50. The van der Waals surface area contributed by atoms with E-state index in [0.717, 1.165) is 24.7 Å². The van der Waals surface area contributed by atoms with Gasteiger partial charge < -0.3 is 15.7 Å². The molecule has 4 heteroatoms. The fourth-order valence-corrected chi connectivity index (χ4v) is 2.00. The van der Waals surface area contributed by atoms with Crippen LogP contribution in [-0.2, 0) is 0 Å². The maximum Gasteiger partial charge on any atom is 0.337 e. The van der Waals surface area contributed by atoms with E-state index in [1.54, 1.807) is 18.2 Å². The number of carbonyl (C=O) groups is 1. The van der Waals surface area contributed by atoms with Crippen molar-refractivity contribution in [2.75, 3.05) is 23.7 Å². The SMILES string of the molecule is CCN(CC1CC1)c1cc(N)ccc1C(=O)O. The number of benzene rings is 1. The monoisotopic (exact) mass is 234 g/mol. The van der Waals surface area contributed by atoms with Crippen LogP contribution in [0, 0.1) is 5.92 Å². The van der Waals surface area contributed by atoms with Gasteiger partial charge in [0.25, 0.3) is 0 Å². The number of hydrogen-bond donors (Lipinski definition) is 2. The van der Waals surface area contributed by atoms with Gasteiger partial charge in [-0.15, -0.1) is 0 Å². The Kier molecular flexibility index (Phi) is 3.22. The van der Waals surface area contributed by atoms with Crippen molar-refractivity contribution >= 4 is 17.3 Å². The molecule has 0 atom stereocenters. The standard InChI is InChI=1S/C13H18N2O2/c1-2-15(8-9-3-4-9)12-7-10(14)5-6-11(12)13(16)17/h5-7,9H,2-4,8,14H2,1H3,(H,16,17). The topological polar surface area (TPSA) is 66.6 Å². The van der Waals surface area contributed by atoms with Crippen molar-refractivity contribution in [1.29, 1.82) is 0 Å². The van der Waals surface area contributed by atoms with Crippen molar-refractivity contribution < 1.29 is 9.90 Å². The number of nitrogens with two attached hydrogens (primary N) is 1. The molecule has 0 saturated heterocycles. The van der Waals surface area contributed by atoms with Crippen molar-refractivity contribution in [3.8, 4) is 0 Å². The first-order valence-electron chi connectivity index (χ1n) is 5.99. The molecule has 3 N–H and O–H groups in total. The first-order valence-corrected chi connectivity index (χ1v) is 5.99. The molecule has 92 valence electrons.